The van der Waals surface area contributed by atoms with Crippen molar-refractivity contribution in [2.45, 2.75) is 24.1 Å². The molecule has 0 saturated carbocycles. The Morgan fingerprint density at radius 3 is 2.42 bits per heavy atom. The minimum Gasteiger partial charge on any atom is -0.206 e. The Morgan fingerprint density at radius 2 is 1.63 bits per heavy atom. The lowest BCUT2D eigenvalue weighted by atomic mass is 10.0. The molecule has 98 valence electrons. The molecule has 0 fully saturated rings. The molecular formula is C16H13Br2F. The summed E-state index contributed by atoms with van der Waals surface area (Å²) in [7, 11) is 0. The molecule has 0 amide bonds. The zero-order valence-electron chi connectivity index (χ0n) is 10.3. The molecule has 0 aromatic heterocycles. The Hall–Kier alpha value is -0.670. The first-order valence-electron chi connectivity index (χ1n) is 6.36. The summed E-state index contributed by atoms with van der Waals surface area (Å²) in [5.41, 5.74) is 5.23. The normalized spacial score (nSPS) is 15.3. The van der Waals surface area contributed by atoms with Crippen molar-refractivity contribution in [1.82, 2.24) is 0 Å². The third-order valence-electron chi connectivity index (χ3n) is 3.65. The van der Waals surface area contributed by atoms with E-state index in [2.05, 4.69) is 50.1 Å². The van der Waals surface area contributed by atoms with Crippen molar-refractivity contribution in [2.75, 3.05) is 0 Å². The lowest BCUT2D eigenvalue weighted by Gasteiger charge is -2.13. The van der Waals surface area contributed by atoms with Crippen LogP contribution in [0.25, 0.3) is 0 Å². The molecule has 19 heavy (non-hydrogen) atoms. The van der Waals surface area contributed by atoms with E-state index in [4.69, 9.17) is 0 Å². The topological polar surface area (TPSA) is 0 Å². The van der Waals surface area contributed by atoms with E-state index in [1.807, 2.05) is 12.1 Å². The predicted octanol–water partition coefficient (Wildman–Crippen LogP) is 5.56. The van der Waals surface area contributed by atoms with Crippen LogP contribution in [0.5, 0.6) is 0 Å². The number of fused-ring (bicyclic) bond motifs is 1. The second kappa shape index (κ2) is 5.37. The van der Waals surface area contributed by atoms with Gasteiger partial charge >= 0.3 is 0 Å². The van der Waals surface area contributed by atoms with Crippen LogP contribution < -0.4 is 0 Å². The molecule has 0 spiro atoms. The summed E-state index contributed by atoms with van der Waals surface area (Å²) in [5, 5.41) is 0. The van der Waals surface area contributed by atoms with Crippen molar-refractivity contribution in [3.8, 4) is 0 Å². The SMILES string of the molecule is Fc1ccc(C(Br)c2ccc3c(c2)CCC3)cc1Br. The Bertz CT molecular complexity index is 622. The number of benzene rings is 2. The molecule has 0 nitrogen and oxygen atoms in total. The first-order valence-corrected chi connectivity index (χ1v) is 8.07. The molecule has 0 saturated heterocycles. The highest BCUT2D eigenvalue weighted by molar-refractivity contribution is 9.10. The van der Waals surface area contributed by atoms with E-state index in [1.54, 1.807) is 0 Å². The molecule has 2 aromatic rings. The van der Waals surface area contributed by atoms with Crippen molar-refractivity contribution < 1.29 is 4.39 Å². The van der Waals surface area contributed by atoms with Gasteiger partial charge in [0.25, 0.3) is 0 Å². The quantitative estimate of drug-likeness (QED) is 0.595. The summed E-state index contributed by atoms with van der Waals surface area (Å²) < 4.78 is 13.8. The summed E-state index contributed by atoms with van der Waals surface area (Å²) in [5.74, 6) is -0.225. The van der Waals surface area contributed by atoms with Crippen molar-refractivity contribution in [3.63, 3.8) is 0 Å². The lowest BCUT2D eigenvalue weighted by Crippen LogP contribution is -1.95. The molecule has 3 heteroatoms. The molecule has 0 N–H and O–H groups in total. The molecule has 1 atom stereocenters. The third-order valence-corrected chi connectivity index (χ3v) is 5.32. The highest BCUT2D eigenvalue weighted by Gasteiger charge is 2.16. The van der Waals surface area contributed by atoms with Gasteiger partial charge in [-0.05, 0) is 69.6 Å². The van der Waals surface area contributed by atoms with Gasteiger partial charge in [-0.3, -0.25) is 0 Å². The van der Waals surface area contributed by atoms with Crippen molar-refractivity contribution in [1.29, 1.82) is 0 Å². The Morgan fingerprint density at radius 1 is 0.947 bits per heavy atom. The van der Waals surface area contributed by atoms with Crippen molar-refractivity contribution >= 4 is 31.9 Å². The fraction of sp³-hybridized carbons (Fsp3) is 0.250. The minimum absolute atomic E-state index is 0.107. The summed E-state index contributed by atoms with van der Waals surface area (Å²) in [6.45, 7) is 0. The van der Waals surface area contributed by atoms with E-state index >= 15 is 0 Å². The van der Waals surface area contributed by atoms with Crippen LogP contribution in [-0.2, 0) is 12.8 Å². The average Bonchev–Trinajstić information content (AvgIpc) is 2.88. The molecule has 0 radical (unpaired) electrons. The Labute approximate surface area is 129 Å². The van der Waals surface area contributed by atoms with Crippen LogP contribution in [0.2, 0.25) is 0 Å². The number of halogens is 3. The van der Waals surface area contributed by atoms with Gasteiger partial charge < -0.3 is 0 Å². The molecule has 3 rings (SSSR count). The number of hydrogen-bond donors (Lipinski definition) is 0. The van der Waals surface area contributed by atoms with Crippen molar-refractivity contribution in [3.05, 3.63) is 68.9 Å². The molecular weight excluding hydrogens is 371 g/mol. The van der Waals surface area contributed by atoms with Gasteiger partial charge in [0.15, 0.2) is 0 Å². The maximum Gasteiger partial charge on any atom is 0.137 e. The highest BCUT2D eigenvalue weighted by Crippen LogP contribution is 2.35. The largest absolute Gasteiger partial charge is 0.206 e. The van der Waals surface area contributed by atoms with Crippen LogP contribution in [0, 0.1) is 5.82 Å². The van der Waals surface area contributed by atoms with E-state index in [0.29, 0.717) is 4.47 Å². The minimum atomic E-state index is -0.225. The fourth-order valence-corrected chi connectivity index (χ4v) is 3.58. The van der Waals surface area contributed by atoms with Gasteiger partial charge in [0.1, 0.15) is 5.82 Å². The Kier molecular flexibility index (Phi) is 3.77. The number of alkyl halides is 1. The standard InChI is InChI=1S/C16H13Br2F/c17-14-9-13(6-7-15(14)19)16(18)12-5-4-10-2-1-3-11(10)8-12/h4-9,16H,1-3H2. The zero-order valence-corrected chi connectivity index (χ0v) is 13.5. The van der Waals surface area contributed by atoms with Crippen LogP contribution in [0.4, 0.5) is 4.39 Å². The van der Waals surface area contributed by atoms with Gasteiger partial charge in [0.05, 0.1) is 9.30 Å². The van der Waals surface area contributed by atoms with Gasteiger partial charge in [0, 0.05) is 0 Å². The monoisotopic (exact) mass is 382 g/mol. The third kappa shape index (κ3) is 2.63. The molecule has 1 aliphatic rings. The summed E-state index contributed by atoms with van der Waals surface area (Å²) in [6, 6.07) is 11.8. The first-order chi connectivity index (χ1) is 9.15. The number of aryl methyl sites for hydroxylation is 2. The van der Waals surface area contributed by atoms with E-state index in [1.165, 1.54) is 42.0 Å². The van der Waals surface area contributed by atoms with Gasteiger partial charge in [-0.2, -0.15) is 0 Å². The second-order valence-corrected chi connectivity index (χ2v) is 6.69. The number of hydrogen-bond acceptors (Lipinski definition) is 0. The highest BCUT2D eigenvalue weighted by atomic mass is 79.9. The van der Waals surface area contributed by atoms with E-state index in [0.717, 1.165) is 5.56 Å². The first kappa shape index (κ1) is 13.3. The molecule has 2 aromatic carbocycles. The lowest BCUT2D eigenvalue weighted by molar-refractivity contribution is 0.620. The maximum absolute atomic E-state index is 13.3. The van der Waals surface area contributed by atoms with Gasteiger partial charge in [0.2, 0.25) is 0 Å². The molecule has 0 bridgehead atoms. The van der Waals surface area contributed by atoms with Gasteiger partial charge in [-0.1, -0.05) is 40.2 Å². The second-order valence-electron chi connectivity index (χ2n) is 4.92. The van der Waals surface area contributed by atoms with Crippen LogP contribution in [0.15, 0.2) is 40.9 Å². The summed E-state index contributed by atoms with van der Waals surface area (Å²) >= 11 is 6.96. The van der Waals surface area contributed by atoms with Gasteiger partial charge in [-0.25, -0.2) is 4.39 Å². The van der Waals surface area contributed by atoms with Crippen molar-refractivity contribution in [2.24, 2.45) is 0 Å². The van der Waals surface area contributed by atoms with E-state index in [9.17, 15) is 4.39 Å². The molecule has 0 heterocycles. The molecule has 0 aliphatic heterocycles. The van der Waals surface area contributed by atoms with E-state index in [-0.39, 0.29) is 10.6 Å². The van der Waals surface area contributed by atoms with Crippen LogP contribution in [0.3, 0.4) is 0 Å². The maximum atomic E-state index is 13.3. The summed E-state index contributed by atoms with van der Waals surface area (Å²) in [6.07, 6.45) is 3.63. The van der Waals surface area contributed by atoms with E-state index < -0.39 is 0 Å². The fourth-order valence-electron chi connectivity index (χ4n) is 2.61. The van der Waals surface area contributed by atoms with Crippen LogP contribution in [0.1, 0.15) is 33.5 Å². The summed E-state index contributed by atoms with van der Waals surface area (Å²) in [4.78, 5) is 0.107. The van der Waals surface area contributed by atoms with Gasteiger partial charge in [-0.15, -0.1) is 0 Å². The van der Waals surface area contributed by atoms with Crippen LogP contribution in [-0.4, -0.2) is 0 Å². The average molecular weight is 384 g/mol. The molecule has 1 aliphatic carbocycles. The molecule has 1 unspecified atom stereocenters. The predicted molar refractivity (Wildman–Crippen MR) is 83.3 cm³/mol. The number of rotatable bonds is 2. The Balaban J connectivity index is 1.94. The zero-order chi connectivity index (χ0) is 13.4. The van der Waals surface area contributed by atoms with Crippen LogP contribution >= 0.6 is 31.9 Å². The smallest absolute Gasteiger partial charge is 0.137 e.